The summed E-state index contributed by atoms with van der Waals surface area (Å²) in [6, 6.07) is 11.5. The van der Waals surface area contributed by atoms with Crippen LogP contribution in [0.25, 0.3) is 0 Å². The molecule has 0 aliphatic carbocycles. The van der Waals surface area contributed by atoms with Gasteiger partial charge in [0.05, 0.1) is 13.5 Å². The number of pyridine rings is 1. The molecule has 0 saturated carbocycles. The molecular weight excluding hydrogens is 310 g/mol. The van der Waals surface area contributed by atoms with Crippen LogP contribution in [0.15, 0.2) is 60.4 Å². The summed E-state index contributed by atoms with van der Waals surface area (Å²) in [6.07, 6.45) is 5.60. The molecule has 0 fully saturated rings. The van der Waals surface area contributed by atoms with Crippen LogP contribution in [0.2, 0.25) is 0 Å². The molecule has 1 amide bonds. The zero-order valence-corrected chi connectivity index (χ0v) is 13.5. The molecule has 3 rings (SSSR count). The van der Waals surface area contributed by atoms with Gasteiger partial charge in [0.2, 0.25) is 5.91 Å². The number of aromatic nitrogens is 1. The molecule has 0 saturated heterocycles. The summed E-state index contributed by atoms with van der Waals surface area (Å²) in [6.45, 7) is 0. The minimum atomic E-state index is -0.623. The second kappa shape index (κ2) is 6.34. The Labute approximate surface area is 139 Å². The first kappa shape index (κ1) is 15.4. The van der Waals surface area contributed by atoms with Gasteiger partial charge >= 0.3 is 0 Å². The largest absolute Gasteiger partial charge is 0.497 e. The average Bonchev–Trinajstić information content (AvgIpc) is 2.99. The van der Waals surface area contributed by atoms with Crippen LogP contribution < -0.4 is 15.4 Å². The highest BCUT2D eigenvalue weighted by molar-refractivity contribution is 8.03. The van der Waals surface area contributed by atoms with E-state index in [0.717, 1.165) is 17.0 Å². The Morgan fingerprint density at radius 2 is 2.13 bits per heavy atom. The summed E-state index contributed by atoms with van der Waals surface area (Å²) in [5.41, 5.74) is 7.47. The molecule has 2 aromatic rings. The molecule has 1 atom stereocenters. The van der Waals surface area contributed by atoms with Crippen molar-refractivity contribution in [1.82, 2.24) is 4.98 Å². The standard InChI is InChI=1S/C17H17N3O2S/c1-22-15-4-2-3-13(11-15)17(12-16(18)21)20(9-10-23-17)14-5-7-19-8-6-14/h2-11H,12H2,1H3,(H2,18,21). The highest BCUT2D eigenvalue weighted by atomic mass is 32.2. The van der Waals surface area contributed by atoms with Crippen molar-refractivity contribution >= 4 is 23.4 Å². The highest BCUT2D eigenvalue weighted by Crippen LogP contribution is 2.50. The Morgan fingerprint density at radius 3 is 2.83 bits per heavy atom. The zero-order chi connectivity index (χ0) is 16.3. The van der Waals surface area contributed by atoms with Gasteiger partial charge in [-0.25, -0.2) is 0 Å². The molecule has 0 radical (unpaired) electrons. The topological polar surface area (TPSA) is 68.5 Å². The van der Waals surface area contributed by atoms with Crippen molar-refractivity contribution in [1.29, 1.82) is 0 Å². The van der Waals surface area contributed by atoms with Gasteiger partial charge < -0.3 is 15.4 Å². The zero-order valence-electron chi connectivity index (χ0n) is 12.7. The predicted molar refractivity (Wildman–Crippen MR) is 91.9 cm³/mol. The van der Waals surface area contributed by atoms with Crippen LogP contribution in [0.4, 0.5) is 5.69 Å². The van der Waals surface area contributed by atoms with Crippen molar-refractivity contribution in [2.45, 2.75) is 11.3 Å². The predicted octanol–water partition coefficient (Wildman–Crippen LogP) is 2.84. The van der Waals surface area contributed by atoms with Gasteiger partial charge in [-0.05, 0) is 35.2 Å². The van der Waals surface area contributed by atoms with Crippen molar-refractivity contribution in [3.63, 3.8) is 0 Å². The maximum Gasteiger partial charge on any atom is 0.221 e. The summed E-state index contributed by atoms with van der Waals surface area (Å²) < 4.78 is 5.33. The van der Waals surface area contributed by atoms with Crippen molar-refractivity contribution in [2.75, 3.05) is 12.0 Å². The first-order chi connectivity index (χ1) is 11.2. The van der Waals surface area contributed by atoms with E-state index >= 15 is 0 Å². The third-order valence-corrected chi connectivity index (χ3v) is 4.96. The fourth-order valence-electron chi connectivity index (χ4n) is 2.72. The number of thioether (sulfide) groups is 1. The number of carbonyl (C=O) groups excluding carboxylic acids is 1. The van der Waals surface area contributed by atoms with Gasteiger partial charge in [-0.1, -0.05) is 23.9 Å². The molecule has 23 heavy (non-hydrogen) atoms. The van der Waals surface area contributed by atoms with E-state index in [0.29, 0.717) is 0 Å². The first-order valence-corrected chi connectivity index (χ1v) is 8.00. The SMILES string of the molecule is COc1cccc(C2(CC(N)=O)SC=CN2c2ccncc2)c1. The van der Waals surface area contributed by atoms with Crippen LogP contribution in [-0.2, 0) is 9.67 Å². The summed E-state index contributed by atoms with van der Waals surface area (Å²) in [4.78, 5) is 17.3. The van der Waals surface area contributed by atoms with E-state index in [1.807, 2.05) is 48.0 Å². The van der Waals surface area contributed by atoms with Crippen LogP contribution >= 0.6 is 11.8 Å². The number of ether oxygens (including phenoxy) is 1. The number of carbonyl (C=O) groups is 1. The van der Waals surface area contributed by atoms with E-state index in [-0.39, 0.29) is 12.3 Å². The molecule has 1 aliphatic heterocycles. The number of hydrogen-bond acceptors (Lipinski definition) is 5. The molecule has 1 aromatic heterocycles. The van der Waals surface area contributed by atoms with E-state index in [1.165, 1.54) is 0 Å². The van der Waals surface area contributed by atoms with Gasteiger partial charge in [0.1, 0.15) is 10.6 Å². The van der Waals surface area contributed by atoms with Crippen molar-refractivity contribution in [3.05, 3.63) is 66.0 Å². The number of methoxy groups -OCH3 is 1. The number of primary amides is 1. The third-order valence-electron chi connectivity index (χ3n) is 3.74. The Morgan fingerprint density at radius 1 is 1.35 bits per heavy atom. The Kier molecular flexibility index (Phi) is 4.25. The summed E-state index contributed by atoms with van der Waals surface area (Å²) in [5.74, 6) is 0.386. The lowest BCUT2D eigenvalue weighted by molar-refractivity contribution is -0.118. The van der Waals surface area contributed by atoms with Crippen LogP contribution in [0.5, 0.6) is 5.75 Å². The van der Waals surface area contributed by atoms with Gasteiger partial charge in [0.15, 0.2) is 0 Å². The molecule has 1 aromatic carbocycles. The smallest absolute Gasteiger partial charge is 0.221 e. The molecule has 118 valence electrons. The van der Waals surface area contributed by atoms with Crippen molar-refractivity contribution < 1.29 is 9.53 Å². The second-order valence-electron chi connectivity index (χ2n) is 5.14. The van der Waals surface area contributed by atoms with E-state index in [4.69, 9.17) is 10.5 Å². The second-order valence-corrected chi connectivity index (χ2v) is 6.32. The number of rotatable bonds is 5. The van der Waals surface area contributed by atoms with E-state index in [2.05, 4.69) is 9.88 Å². The quantitative estimate of drug-likeness (QED) is 0.914. The summed E-state index contributed by atoms with van der Waals surface area (Å²) >= 11 is 1.56. The van der Waals surface area contributed by atoms with Crippen LogP contribution in [0.1, 0.15) is 12.0 Å². The van der Waals surface area contributed by atoms with Gasteiger partial charge in [-0.2, -0.15) is 0 Å². The lowest BCUT2D eigenvalue weighted by atomic mass is 10.00. The van der Waals surface area contributed by atoms with Crippen molar-refractivity contribution in [3.8, 4) is 5.75 Å². The fraction of sp³-hybridized carbons (Fsp3) is 0.176. The molecule has 5 nitrogen and oxygen atoms in total. The molecular formula is C17H17N3O2S. The van der Waals surface area contributed by atoms with Gasteiger partial charge in [-0.3, -0.25) is 9.78 Å². The minimum Gasteiger partial charge on any atom is -0.497 e. The number of nitrogens with zero attached hydrogens (tertiary/aromatic N) is 2. The van der Waals surface area contributed by atoms with E-state index in [1.54, 1.807) is 31.3 Å². The van der Waals surface area contributed by atoms with Crippen LogP contribution in [0.3, 0.4) is 0 Å². The lowest BCUT2D eigenvalue weighted by Gasteiger charge is -2.38. The van der Waals surface area contributed by atoms with Gasteiger partial charge in [0.25, 0.3) is 0 Å². The van der Waals surface area contributed by atoms with Gasteiger partial charge in [0, 0.05) is 24.3 Å². The normalized spacial score (nSPS) is 19.8. The summed E-state index contributed by atoms with van der Waals surface area (Å²) in [5, 5.41) is 1.98. The number of hydrogen-bond donors (Lipinski definition) is 1. The average molecular weight is 327 g/mol. The summed E-state index contributed by atoms with van der Waals surface area (Å²) in [7, 11) is 1.63. The van der Waals surface area contributed by atoms with Gasteiger partial charge in [-0.15, -0.1) is 0 Å². The van der Waals surface area contributed by atoms with E-state index < -0.39 is 4.87 Å². The molecule has 1 aliphatic rings. The molecule has 2 heterocycles. The Hall–Kier alpha value is -2.47. The van der Waals surface area contributed by atoms with Crippen LogP contribution in [-0.4, -0.2) is 18.0 Å². The van der Waals surface area contributed by atoms with E-state index in [9.17, 15) is 4.79 Å². The maximum atomic E-state index is 11.8. The Bertz CT molecular complexity index is 736. The van der Waals surface area contributed by atoms with Crippen LogP contribution in [0, 0.1) is 0 Å². The first-order valence-electron chi connectivity index (χ1n) is 7.12. The lowest BCUT2D eigenvalue weighted by Crippen LogP contribution is -2.41. The number of amides is 1. The molecule has 0 bridgehead atoms. The maximum absolute atomic E-state index is 11.8. The molecule has 1 unspecified atom stereocenters. The number of benzene rings is 1. The number of anilines is 1. The molecule has 6 heteroatoms. The highest BCUT2D eigenvalue weighted by Gasteiger charge is 2.43. The monoisotopic (exact) mass is 327 g/mol. The fourth-order valence-corrected chi connectivity index (χ4v) is 3.89. The number of nitrogens with two attached hydrogens (primary N) is 1. The molecule has 0 spiro atoms. The Balaban J connectivity index is 2.11. The van der Waals surface area contributed by atoms with Crippen molar-refractivity contribution in [2.24, 2.45) is 5.73 Å². The minimum absolute atomic E-state index is 0.181. The third kappa shape index (κ3) is 2.90. The molecule has 2 N–H and O–H groups in total.